The van der Waals surface area contributed by atoms with Crippen molar-refractivity contribution in [2.45, 2.75) is 37.6 Å². The summed E-state index contributed by atoms with van der Waals surface area (Å²) in [5.74, 6) is 0.641. The standard InChI is InChI=1S/C21H22F3N7O4/c22-21(23,24)11-30-18-16(28-29-30)19(31-14-5-6-15(31)10-34-9-14)27-17(26-18)12-1-3-13(4-2-12)25-20(33)35-8-7-32/h1-4,14-15,32H,5-11H2,(H,25,33). The van der Waals surface area contributed by atoms with Gasteiger partial charge in [0.25, 0.3) is 0 Å². The molecule has 2 saturated heterocycles. The summed E-state index contributed by atoms with van der Waals surface area (Å²) in [5.41, 5.74) is 1.15. The van der Waals surface area contributed by atoms with Crippen LogP contribution in [0.25, 0.3) is 22.6 Å². The minimum Gasteiger partial charge on any atom is -0.447 e. The number of fused-ring (bicyclic) bond motifs is 3. The Bertz CT molecular complexity index is 1200. The molecule has 4 heterocycles. The number of hydrogen-bond donors (Lipinski definition) is 2. The van der Waals surface area contributed by atoms with Crippen LogP contribution in [0.4, 0.5) is 29.5 Å². The number of carbonyl (C=O) groups is 1. The zero-order chi connectivity index (χ0) is 24.6. The molecule has 2 N–H and O–H groups in total. The van der Waals surface area contributed by atoms with Gasteiger partial charge >= 0.3 is 12.3 Å². The SMILES string of the molecule is O=C(Nc1ccc(-c2nc(N3C4CCC3COC4)c3nnn(CC(F)(F)F)c3n2)cc1)OCCO. The van der Waals surface area contributed by atoms with Gasteiger partial charge in [-0.25, -0.2) is 19.4 Å². The number of ether oxygens (including phenoxy) is 2. The predicted molar refractivity (Wildman–Crippen MR) is 117 cm³/mol. The van der Waals surface area contributed by atoms with Crippen LogP contribution in [0, 0.1) is 0 Å². The van der Waals surface area contributed by atoms with Gasteiger partial charge in [-0.3, -0.25) is 5.32 Å². The average molecular weight is 493 g/mol. The first-order chi connectivity index (χ1) is 16.8. The van der Waals surface area contributed by atoms with Crippen LogP contribution in [-0.4, -0.2) is 80.8 Å². The number of carbonyl (C=O) groups excluding carboxylic acids is 1. The second kappa shape index (κ2) is 9.26. The first kappa shape index (κ1) is 23.2. The Labute approximate surface area is 196 Å². The van der Waals surface area contributed by atoms with Gasteiger partial charge in [-0.2, -0.15) is 13.2 Å². The molecule has 2 atom stereocenters. The van der Waals surface area contributed by atoms with Gasteiger partial charge in [-0.1, -0.05) is 5.21 Å². The van der Waals surface area contributed by atoms with Gasteiger partial charge in [-0.05, 0) is 37.1 Å². The Kier molecular flexibility index (Phi) is 6.15. The number of aliphatic hydroxyl groups is 1. The Morgan fingerprint density at radius 1 is 1.17 bits per heavy atom. The summed E-state index contributed by atoms with van der Waals surface area (Å²) in [7, 11) is 0. The number of anilines is 2. The maximum atomic E-state index is 13.2. The van der Waals surface area contributed by atoms with E-state index in [2.05, 4.69) is 25.5 Å². The molecule has 0 saturated carbocycles. The third kappa shape index (κ3) is 4.84. The maximum Gasteiger partial charge on any atom is 0.411 e. The van der Waals surface area contributed by atoms with E-state index in [1.54, 1.807) is 24.3 Å². The normalized spacial score (nSPS) is 19.8. The Morgan fingerprint density at radius 3 is 2.54 bits per heavy atom. The summed E-state index contributed by atoms with van der Waals surface area (Å²) in [6.45, 7) is -0.751. The van der Waals surface area contributed by atoms with E-state index < -0.39 is 18.8 Å². The van der Waals surface area contributed by atoms with Crippen LogP contribution in [0.2, 0.25) is 0 Å². The molecule has 2 aliphatic rings. The molecular formula is C21H22F3N7O4. The number of alkyl halides is 3. The van der Waals surface area contributed by atoms with Crippen molar-refractivity contribution in [2.24, 2.45) is 0 Å². The lowest BCUT2D eigenvalue weighted by Crippen LogP contribution is -2.46. The van der Waals surface area contributed by atoms with E-state index in [4.69, 9.17) is 19.6 Å². The molecule has 5 rings (SSSR count). The van der Waals surface area contributed by atoms with Crippen LogP contribution in [0.3, 0.4) is 0 Å². The zero-order valence-electron chi connectivity index (χ0n) is 18.4. The van der Waals surface area contributed by atoms with Gasteiger partial charge in [0, 0.05) is 11.3 Å². The summed E-state index contributed by atoms with van der Waals surface area (Å²) in [4.78, 5) is 22.8. The van der Waals surface area contributed by atoms with Crippen molar-refractivity contribution in [3.63, 3.8) is 0 Å². The summed E-state index contributed by atoms with van der Waals surface area (Å²) in [5, 5.41) is 19.0. The van der Waals surface area contributed by atoms with Crippen molar-refractivity contribution in [3.8, 4) is 11.4 Å². The fourth-order valence-corrected chi connectivity index (χ4v) is 4.40. The molecule has 2 bridgehead atoms. The molecular weight excluding hydrogens is 471 g/mol. The highest BCUT2D eigenvalue weighted by Gasteiger charge is 2.40. The number of benzene rings is 1. The molecule has 3 aromatic rings. The maximum absolute atomic E-state index is 13.2. The second-order valence-electron chi connectivity index (χ2n) is 8.30. The summed E-state index contributed by atoms with van der Waals surface area (Å²) in [6, 6.07) is 6.54. The lowest BCUT2D eigenvalue weighted by Gasteiger charge is -2.35. The van der Waals surface area contributed by atoms with Crippen LogP contribution in [0.15, 0.2) is 24.3 Å². The van der Waals surface area contributed by atoms with Gasteiger partial charge < -0.3 is 19.5 Å². The first-order valence-electron chi connectivity index (χ1n) is 11.0. The molecule has 2 aliphatic heterocycles. The van der Waals surface area contributed by atoms with Crippen molar-refractivity contribution < 1.29 is 32.5 Å². The monoisotopic (exact) mass is 493 g/mol. The molecule has 0 spiro atoms. The molecule has 1 aromatic carbocycles. The fraction of sp³-hybridized carbons (Fsp3) is 0.476. The lowest BCUT2D eigenvalue weighted by molar-refractivity contribution is -0.142. The number of halogens is 3. The summed E-state index contributed by atoms with van der Waals surface area (Å²) in [6.07, 6.45) is -3.46. The second-order valence-corrected chi connectivity index (χ2v) is 8.30. The average Bonchev–Trinajstić information content (AvgIpc) is 3.33. The fourth-order valence-electron chi connectivity index (χ4n) is 4.40. The predicted octanol–water partition coefficient (Wildman–Crippen LogP) is 2.36. The highest BCUT2D eigenvalue weighted by Crippen LogP contribution is 2.37. The summed E-state index contributed by atoms with van der Waals surface area (Å²) >= 11 is 0. The number of aliphatic hydroxyl groups excluding tert-OH is 1. The van der Waals surface area contributed by atoms with Crippen LogP contribution in [-0.2, 0) is 16.0 Å². The number of aromatic nitrogens is 5. The molecule has 2 fully saturated rings. The van der Waals surface area contributed by atoms with E-state index >= 15 is 0 Å². The molecule has 186 valence electrons. The van der Waals surface area contributed by atoms with E-state index in [1.807, 2.05) is 0 Å². The number of rotatable bonds is 6. The third-order valence-corrected chi connectivity index (χ3v) is 5.87. The van der Waals surface area contributed by atoms with Gasteiger partial charge in [0.2, 0.25) is 0 Å². The van der Waals surface area contributed by atoms with Crippen molar-refractivity contribution in [3.05, 3.63) is 24.3 Å². The van der Waals surface area contributed by atoms with Crippen molar-refractivity contribution >= 4 is 28.8 Å². The topological polar surface area (TPSA) is 128 Å². The molecule has 14 heteroatoms. The number of morpholine rings is 1. The molecule has 1 amide bonds. The molecule has 2 unspecified atom stereocenters. The highest BCUT2D eigenvalue weighted by molar-refractivity contribution is 5.87. The zero-order valence-corrected chi connectivity index (χ0v) is 18.4. The Morgan fingerprint density at radius 2 is 1.89 bits per heavy atom. The van der Waals surface area contributed by atoms with Crippen LogP contribution in [0.1, 0.15) is 12.8 Å². The minimum atomic E-state index is -4.50. The molecule has 0 aliphatic carbocycles. The van der Waals surface area contributed by atoms with Crippen LogP contribution in [0.5, 0.6) is 0 Å². The van der Waals surface area contributed by atoms with E-state index in [0.717, 1.165) is 17.5 Å². The van der Waals surface area contributed by atoms with E-state index in [1.165, 1.54) is 0 Å². The number of hydrogen-bond acceptors (Lipinski definition) is 9. The molecule has 2 aromatic heterocycles. The third-order valence-electron chi connectivity index (χ3n) is 5.87. The molecule has 35 heavy (non-hydrogen) atoms. The van der Waals surface area contributed by atoms with Gasteiger partial charge in [0.05, 0.1) is 31.9 Å². The molecule has 0 radical (unpaired) electrons. The van der Waals surface area contributed by atoms with Crippen LogP contribution < -0.4 is 10.2 Å². The van der Waals surface area contributed by atoms with Crippen molar-refractivity contribution in [1.82, 2.24) is 25.0 Å². The van der Waals surface area contributed by atoms with Gasteiger partial charge in [0.15, 0.2) is 22.8 Å². The van der Waals surface area contributed by atoms with Gasteiger partial charge in [0.1, 0.15) is 13.2 Å². The smallest absolute Gasteiger partial charge is 0.411 e. The lowest BCUT2D eigenvalue weighted by atomic mass is 10.2. The van der Waals surface area contributed by atoms with Gasteiger partial charge in [-0.15, -0.1) is 5.10 Å². The minimum absolute atomic E-state index is 0.0111. The Hall–Kier alpha value is -3.52. The van der Waals surface area contributed by atoms with E-state index in [9.17, 15) is 18.0 Å². The van der Waals surface area contributed by atoms with E-state index in [-0.39, 0.29) is 42.3 Å². The molecule has 11 nitrogen and oxygen atoms in total. The largest absolute Gasteiger partial charge is 0.447 e. The van der Waals surface area contributed by atoms with Crippen LogP contribution >= 0.6 is 0 Å². The number of nitrogens with zero attached hydrogens (tertiary/aromatic N) is 6. The number of nitrogens with one attached hydrogen (secondary N) is 1. The van der Waals surface area contributed by atoms with E-state index in [0.29, 0.717) is 30.3 Å². The van der Waals surface area contributed by atoms with Crippen molar-refractivity contribution in [1.29, 1.82) is 0 Å². The number of amides is 1. The Balaban J connectivity index is 1.53. The van der Waals surface area contributed by atoms with Crippen molar-refractivity contribution in [2.75, 3.05) is 36.6 Å². The summed E-state index contributed by atoms with van der Waals surface area (Å²) < 4.78 is 50.6. The highest BCUT2D eigenvalue weighted by atomic mass is 19.4. The first-order valence-corrected chi connectivity index (χ1v) is 11.0. The quantitative estimate of drug-likeness (QED) is 0.532.